The van der Waals surface area contributed by atoms with Crippen LogP contribution in [0.1, 0.15) is 0 Å². The zero-order valence-corrected chi connectivity index (χ0v) is 12.6. The van der Waals surface area contributed by atoms with Crippen LogP contribution in [-0.4, -0.2) is 50.8 Å². The molecule has 2 rings (SSSR count). The van der Waals surface area contributed by atoms with Crippen molar-refractivity contribution >= 4 is 26.0 Å². The van der Waals surface area contributed by atoms with Gasteiger partial charge in [-0.25, -0.2) is 17.2 Å². The molecule has 0 saturated carbocycles. The van der Waals surface area contributed by atoms with E-state index in [1.165, 1.54) is 4.31 Å². The standard InChI is InChI=1S/C11H13BrF2N2O2S/c1-15-2-4-16(5-3-15)19(17,18)11-9(12)6-8(13)7-10(11)14/h6-7H,2-5H2,1H3. The molecule has 1 aliphatic heterocycles. The fourth-order valence-electron chi connectivity index (χ4n) is 1.93. The average Bonchev–Trinajstić information content (AvgIpc) is 2.27. The van der Waals surface area contributed by atoms with E-state index in [0.717, 1.165) is 6.07 Å². The lowest BCUT2D eigenvalue weighted by atomic mass is 10.3. The molecule has 0 unspecified atom stereocenters. The van der Waals surface area contributed by atoms with Gasteiger partial charge < -0.3 is 4.90 Å². The van der Waals surface area contributed by atoms with Crippen LogP contribution in [0.2, 0.25) is 0 Å². The van der Waals surface area contributed by atoms with Crippen molar-refractivity contribution in [2.75, 3.05) is 33.2 Å². The predicted molar refractivity (Wildman–Crippen MR) is 70.3 cm³/mol. The van der Waals surface area contributed by atoms with Crippen LogP contribution in [-0.2, 0) is 10.0 Å². The Labute approximate surface area is 119 Å². The molecule has 19 heavy (non-hydrogen) atoms. The molecule has 1 aromatic carbocycles. The van der Waals surface area contributed by atoms with E-state index in [9.17, 15) is 17.2 Å². The van der Waals surface area contributed by atoms with Crippen LogP contribution in [0.3, 0.4) is 0 Å². The van der Waals surface area contributed by atoms with Crippen molar-refractivity contribution in [2.45, 2.75) is 4.90 Å². The maximum absolute atomic E-state index is 13.8. The largest absolute Gasteiger partial charge is 0.304 e. The molecule has 0 spiro atoms. The van der Waals surface area contributed by atoms with Gasteiger partial charge in [-0.05, 0) is 29.0 Å². The molecular formula is C11H13BrF2N2O2S. The highest BCUT2D eigenvalue weighted by atomic mass is 79.9. The number of sulfonamides is 1. The van der Waals surface area contributed by atoms with E-state index in [1.807, 2.05) is 11.9 Å². The summed E-state index contributed by atoms with van der Waals surface area (Å²) in [6.07, 6.45) is 0. The minimum absolute atomic E-state index is 0.0936. The maximum atomic E-state index is 13.8. The van der Waals surface area contributed by atoms with Crippen molar-refractivity contribution in [1.29, 1.82) is 0 Å². The van der Waals surface area contributed by atoms with Crippen molar-refractivity contribution in [2.24, 2.45) is 0 Å². The first-order chi connectivity index (χ1) is 8.82. The summed E-state index contributed by atoms with van der Waals surface area (Å²) in [5, 5.41) is 0. The third-order valence-electron chi connectivity index (χ3n) is 3.02. The fraction of sp³-hybridized carbons (Fsp3) is 0.455. The summed E-state index contributed by atoms with van der Waals surface area (Å²) in [4.78, 5) is 1.49. The monoisotopic (exact) mass is 354 g/mol. The number of nitrogens with zero attached hydrogens (tertiary/aromatic N) is 2. The molecule has 1 fully saturated rings. The van der Waals surface area contributed by atoms with Gasteiger partial charge in [-0.2, -0.15) is 4.31 Å². The van der Waals surface area contributed by atoms with Gasteiger partial charge in [0.2, 0.25) is 10.0 Å². The van der Waals surface area contributed by atoms with Gasteiger partial charge in [0.05, 0.1) is 0 Å². The number of halogens is 3. The highest BCUT2D eigenvalue weighted by Gasteiger charge is 2.32. The van der Waals surface area contributed by atoms with Crippen LogP contribution in [0.15, 0.2) is 21.5 Å². The van der Waals surface area contributed by atoms with Gasteiger partial charge in [0.25, 0.3) is 0 Å². The zero-order chi connectivity index (χ0) is 14.2. The van der Waals surface area contributed by atoms with Crippen molar-refractivity contribution in [3.8, 4) is 0 Å². The molecule has 0 bridgehead atoms. The smallest absolute Gasteiger partial charge is 0.247 e. The van der Waals surface area contributed by atoms with Crippen molar-refractivity contribution < 1.29 is 17.2 Å². The molecule has 106 valence electrons. The number of likely N-dealkylation sites (N-methyl/N-ethyl adjacent to an activating group) is 1. The van der Waals surface area contributed by atoms with Gasteiger partial charge in [0.15, 0.2) is 0 Å². The Hall–Kier alpha value is -0.570. The van der Waals surface area contributed by atoms with Crippen LogP contribution < -0.4 is 0 Å². The van der Waals surface area contributed by atoms with Gasteiger partial charge in [0.1, 0.15) is 16.5 Å². The Bertz CT molecular complexity index is 563. The van der Waals surface area contributed by atoms with Crippen molar-refractivity contribution in [1.82, 2.24) is 9.21 Å². The summed E-state index contributed by atoms with van der Waals surface area (Å²) in [6.45, 7) is 1.75. The van der Waals surface area contributed by atoms with Gasteiger partial charge in [0, 0.05) is 36.7 Å². The predicted octanol–water partition coefficient (Wildman–Crippen LogP) is 1.66. The minimum Gasteiger partial charge on any atom is -0.304 e. The van der Waals surface area contributed by atoms with Crippen LogP contribution in [0.4, 0.5) is 8.78 Å². The first-order valence-corrected chi connectivity index (χ1v) is 7.89. The molecule has 0 radical (unpaired) electrons. The third-order valence-corrected chi connectivity index (χ3v) is 5.89. The first-order valence-electron chi connectivity index (χ1n) is 5.65. The van der Waals surface area contributed by atoms with Crippen LogP contribution >= 0.6 is 15.9 Å². The fourth-order valence-corrected chi connectivity index (χ4v) is 4.47. The van der Waals surface area contributed by atoms with E-state index in [4.69, 9.17) is 0 Å². The quantitative estimate of drug-likeness (QED) is 0.810. The van der Waals surface area contributed by atoms with Gasteiger partial charge in [-0.1, -0.05) is 0 Å². The minimum atomic E-state index is -3.95. The van der Waals surface area contributed by atoms with E-state index in [-0.39, 0.29) is 4.47 Å². The number of benzene rings is 1. The Morgan fingerprint density at radius 1 is 1.16 bits per heavy atom. The number of hydrogen-bond acceptors (Lipinski definition) is 3. The molecule has 0 amide bonds. The third kappa shape index (κ3) is 2.96. The number of hydrogen-bond donors (Lipinski definition) is 0. The molecule has 8 heteroatoms. The lowest BCUT2D eigenvalue weighted by Gasteiger charge is -2.31. The highest BCUT2D eigenvalue weighted by Crippen LogP contribution is 2.29. The second-order valence-corrected chi connectivity index (χ2v) is 7.14. The van der Waals surface area contributed by atoms with E-state index in [1.54, 1.807) is 0 Å². The number of piperazine rings is 1. The molecular weight excluding hydrogens is 342 g/mol. The lowest BCUT2D eigenvalue weighted by Crippen LogP contribution is -2.47. The van der Waals surface area contributed by atoms with Gasteiger partial charge in [-0.15, -0.1) is 0 Å². The van der Waals surface area contributed by atoms with E-state index in [2.05, 4.69) is 15.9 Å². The summed E-state index contributed by atoms with van der Waals surface area (Å²) in [6, 6.07) is 1.53. The maximum Gasteiger partial charge on any atom is 0.247 e. The molecule has 4 nitrogen and oxygen atoms in total. The molecule has 0 N–H and O–H groups in total. The summed E-state index contributed by atoms with van der Waals surface area (Å²) < 4.78 is 52.6. The second-order valence-electron chi connectivity index (χ2n) is 4.41. The van der Waals surface area contributed by atoms with Crippen molar-refractivity contribution in [3.05, 3.63) is 28.2 Å². The normalized spacial score (nSPS) is 18.7. The van der Waals surface area contributed by atoms with Crippen LogP contribution in [0.25, 0.3) is 0 Å². The topological polar surface area (TPSA) is 40.6 Å². The Kier molecular flexibility index (Phi) is 4.24. The Balaban J connectivity index is 2.40. The van der Waals surface area contributed by atoms with Crippen LogP contribution in [0, 0.1) is 11.6 Å². The highest BCUT2D eigenvalue weighted by molar-refractivity contribution is 9.10. The summed E-state index contributed by atoms with van der Waals surface area (Å²) >= 11 is 2.92. The molecule has 1 aromatic rings. The van der Waals surface area contributed by atoms with E-state index in [0.29, 0.717) is 32.2 Å². The summed E-state index contributed by atoms with van der Waals surface area (Å²) in [7, 11) is -2.06. The zero-order valence-electron chi connectivity index (χ0n) is 10.2. The van der Waals surface area contributed by atoms with Crippen LogP contribution in [0.5, 0.6) is 0 Å². The van der Waals surface area contributed by atoms with E-state index >= 15 is 0 Å². The molecule has 1 saturated heterocycles. The molecule has 0 aliphatic carbocycles. The van der Waals surface area contributed by atoms with Gasteiger partial charge in [-0.3, -0.25) is 0 Å². The summed E-state index contributed by atoms with van der Waals surface area (Å²) in [5.74, 6) is -1.90. The first kappa shape index (κ1) is 14.8. The molecule has 0 aromatic heterocycles. The number of rotatable bonds is 2. The average molecular weight is 355 g/mol. The lowest BCUT2D eigenvalue weighted by molar-refractivity contribution is 0.222. The second kappa shape index (κ2) is 5.43. The van der Waals surface area contributed by atoms with Crippen molar-refractivity contribution in [3.63, 3.8) is 0 Å². The SMILES string of the molecule is CN1CCN(S(=O)(=O)c2c(F)cc(F)cc2Br)CC1. The Morgan fingerprint density at radius 2 is 1.74 bits per heavy atom. The van der Waals surface area contributed by atoms with E-state index < -0.39 is 26.6 Å². The molecule has 0 atom stereocenters. The molecule has 1 heterocycles. The Morgan fingerprint density at radius 3 is 2.26 bits per heavy atom. The molecule has 1 aliphatic rings. The van der Waals surface area contributed by atoms with Gasteiger partial charge >= 0.3 is 0 Å². The summed E-state index contributed by atoms with van der Waals surface area (Å²) in [5.41, 5.74) is 0.